The van der Waals surface area contributed by atoms with Gasteiger partial charge in [0.15, 0.2) is 0 Å². The fraction of sp³-hybridized carbons (Fsp3) is 0.500. The fourth-order valence-corrected chi connectivity index (χ4v) is 2.06. The zero-order chi connectivity index (χ0) is 12.5. The van der Waals surface area contributed by atoms with E-state index < -0.39 is 11.7 Å². The maximum atomic E-state index is 12.6. The van der Waals surface area contributed by atoms with Crippen molar-refractivity contribution >= 4 is 5.69 Å². The molecule has 1 aromatic rings. The number of benzene rings is 1. The van der Waals surface area contributed by atoms with Crippen molar-refractivity contribution in [3.05, 3.63) is 29.8 Å². The molecule has 0 aromatic heterocycles. The third-order valence-electron chi connectivity index (χ3n) is 2.99. The van der Waals surface area contributed by atoms with Crippen molar-refractivity contribution in [2.45, 2.75) is 19.0 Å². The van der Waals surface area contributed by atoms with Gasteiger partial charge in [-0.25, -0.2) is 5.01 Å². The van der Waals surface area contributed by atoms with Gasteiger partial charge in [0.05, 0.1) is 11.3 Å². The second-order valence-electron chi connectivity index (χ2n) is 4.26. The van der Waals surface area contributed by atoms with E-state index in [9.17, 15) is 13.2 Å². The highest BCUT2D eigenvalue weighted by Crippen LogP contribution is 2.32. The minimum atomic E-state index is -4.27. The van der Waals surface area contributed by atoms with E-state index in [1.165, 1.54) is 12.1 Å². The molecule has 0 spiro atoms. The molecule has 0 saturated carbocycles. The summed E-state index contributed by atoms with van der Waals surface area (Å²) in [6.07, 6.45) is -2.17. The molecule has 94 valence electrons. The Kier molecular flexibility index (Phi) is 3.28. The fourth-order valence-electron chi connectivity index (χ4n) is 2.06. The van der Waals surface area contributed by atoms with E-state index in [0.29, 0.717) is 5.69 Å². The van der Waals surface area contributed by atoms with Crippen LogP contribution in [-0.2, 0) is 6.18 Å². The first-order chi connectivity index (χ1) is 7.98. The monoisotopic (exact) mass is 244 g/mol. The topological polar surface area (TPSA) is 6.48 Å². The van der Waals surface area contributed by atoms with E-state index in [1.807, 2.05) is 17.1 Å². The Balaban J connectivity index is 2.26. The molecule has 1 aliphatic heterocycles. The van der Waals surface area contributed by atoms with Gasteiger partial charge in [-0.05, 0) is 31.0 Å². The highest BCUT2D eigenvalue weighted by Gasteiger charge is 2.31. The Labute approximate surface area is 98.6 Å². The van der Waals surface area contributed by atoms with Gasteiger partial charge in [-0.2, -0.15) is 13.2 Å². The SMILES string of the molecule is CN1CCCCN1c1cccc(C(F)(F)F)c1. The third kappa shape index (κ3) is 2.72. The molecule has 1 aliphatic rings. The summed E-state index contributed by atoms with van der Waals surface area (Å²) in [6.45, 7) is 1.66. The molecule has 0 atom stereocenters. The number of alkyl halides is 3. The summed E-state index contributed by atoms with van der Waals surface area (Å²) in [6, 6.07) is 5.49. The summed E-state index contributed by atoms with van der Waals surface area (Å²) in [4.78, 5) is 0. The maximum Gasteiger partial charge on any atom is 0.416 e. The lowest BCUT2D eigenvalue weighted by molar-refractivity contribution is -0.137. The lowest BCUT2D eigenvalue weighted by atomic mass is 10.1. The molecular formula is C12H15F3N2. The predicted molar refractivity (Wildman–Crippen MR) is 60.7 cm³/mol. The van der Waals surface area contributed by atoms with Crippen LogP contribution in [0.4, 0.5) is 18.9 Å². The van der Waals surface area contributed by atoms with Crippen LogP contribution in [-0.4, -0.2) is 25.1 Å². The standard InChI is InChI=1S/C12H15F3N2/c1-16-7-2-3-8-17(16)11-6-4-5-10(9-11)12(13,14)15/h4-6,9H,2-3,7-8H2,1H3. The normalized spacial score (nSPS) is 18.5. The van der Waals surface area contributed by atoms with Crippen LogP contribution in [0.25, 0.3) is 0 Å². The number of hydrogen-bond acceptors (Lipinski definition) is 2. The quantitative estimate of drug-likeness (QED) is 0.748. The molecule has 1 heterocycles. The molecule has 1 fully saturated rings. The molecule has 1 saturated heterocycles. The number of rotatable bonds is 1. The molecule has 0 aliphatic carbocycles. The van der Waals surface area contributed by atoms with Crippen molar-refractivity contribution in [1.82, 2.24) is 5.01 Å². The van der Waals surface area contributed by atoms with Gasteiger partial charge in [0, 0.05) is 20.1 Å². The minimum Gasteiger partial charge on any atom is -0.306 e. The highest BCUT2D eigenvalue weighted by molar-refractivity contribution is 5.48. The van der Waals surface area contributed by atoms with Gasteiger partial charge in [0.25, 0.3) is 0 Å². The van der Waals surface area contributed by atoms with Crippen molar-refractivity contribution in [1.29, 1.82) is 0 Å². The van der Waals surface area contributed by atoms with Crippen LogP contribution < -0.4 is 5.01 Å². The summed E-state index contributed by atoms with van der Waals surface area (Å²) < 4.78 is 37.8. The zero-order valence-corrected chi connectivity index (χ0v) is 9.67. The molecule has 0 unspecified atom stereocenters. The van der Waals surface area contributed by atoms with E-state index >= 15 is 0 Å². The molecule has 0 N–H and O–H groups in total. The van der Waals surface area contributed by atoms with Crippen LogP contribution in [0, 0.1) is 0 Å². The summed E-state index contributed by atoms with van der Waals surface area (Å²) >= 11 is 0. The Bertz CT molecular complexity index is 390. The summed E-state index contributed by atoms with van der Waals surface area (Å²) in [5.74, 6) is 0. The van der Waals surface area contributed by atoms with Crippen molar-refractivity contribution in [3.8, 4) is 0 Å². The molecule has 0 bridgehead atoms. The molecular weight excluding hydrogens is 229 g/mol. The lowest BCUT2D eigenvalue weighted by Crippen LogP contribution is -2.44. The smallest absolute Gasteiger partial charge is 0.306 e. The van der Waals surface area contributed by atoms with Crippen LogP contribution in [0.15, 0.2) is 24.3 Å². The number of halogens is 3. The third-order valence-corrected chi connectivity index (χ3v) is 2.99. The van der Waals surface area contributed by atoms with Gasteiger partial charge in [-0.3, -0.25) is 0 Å². The Morgan fingerprint density at radius 1 is 1.12 bits per heavy atom. The molecule has 0 radical (unpaired) electrons. The van der Waals surface area contributed by atoms with Crippen LogP contribution in [0.5, 0.6) is 0 Å². The molecule has 2 rings (SSSR count). The van der Waals surface area contributed by atoms with Crippen LogP contribution >= 0.6 is 0 Å². The summed E-state index contributed by atoms with van der Waals surface area (Å²) in [5, 5.41) is 3.87. The average molecular weight is 244 g/mol. The van der Waals surface area contributed by atoms with Crippen LogP contribution in [0.2, 0.25) is 0 Å². The molecule has 5 heteroatoms. The summed E-state index contributed by atoms with van der Waals surface area (Å²) in [5.41, 5.74) is 0.0241. The van der Waals surface area contributed by atoms with E-state index in [-0.39, 0.29) is 0 Å². The largest absolute Gasteiger partial charge is 0.416 e. The predicted octanol–water partition coefficient (Wildman–Crippen LogP) is 3.15. The van der Waals surface area contributed by atoms with Gasteiger partial charge in [0.2, 0.25) is 0 Å². The number of anilines is 1. The first kappa shape index (κ1) is 12.2. The zero-order valence-electron chi connectivity index (χ0n) is 9.67. The number of hydrazine groups is 1. The molecule has 2 nitrogen and oxygen atoms in total. The Morgan fingerprint density at radius 2 is 1.82 bits per heavy atom. The number of nitrogens with zero attached hydrogens (tertiary/aromatic N) is 2. The van der Waals surface area contributed by atoms with E-state index in [0.717, 1.165) is 32.0 Å². The average Bonchev–Trinajstić information content (AvgIpc) is 2.29. The molecule has 1 aromatic carbocycles. The number of hydrogen-bond donors (Lipinski definition) is 0. The highest BCUT2D eigenvalue weighted by atomic mass is 19.4. The molecule has 17 heavy (non-hydrogen) atoms. The van der Waals surface area contributed by atoms with Gasteiger partial charge >= 0.3 is 6.18 Å². The Morgan fingerprint density at radius 3 is 2.47 bits per heavy atom. The van der Waals surface area contributed by atoms with Crippen LogP contribution in [0.3, 0.4) is 0 Å². The van der Waals surface area contributed by atoms with E-state index in [2.05, 4.69) is 0 Å². The van der Waals surface area contributed by atoms with E-state index in [4.69, 9.17) is 0 Å². The van der Waals surface area contributed by atoms with Gasteiger partial charge in [0.1, 0.15) is 0 Å². The molecule has 0 amide bonds. The first-order valence-electron chi connectivity index (χ1n) is 5.64. The van der Waals surface area contributed by atoms with Gasteiger partial charge < -0.3 is 5.01 Å². The van der Waals surface area contributed by atoms with Gasteiger partial charge in [-0.1, -0.05) is 6.07 Å². The van der Waals surface area contributed by atoms with Crippen molar-refractivity contribution in [3.63, 3.8) is 0 Å². The van der Waals surface area contributed by atoms with E-state index in [1.54, 1.807) is 6.07 Å². The first-order valence-corrected chi connectivity index (χ1v) is 5.64. The minimum absolute atomic E-state index is 0.589. The lowest BCUT2D eigenvalue weighted by Gasteiger charge is -2.38. The van der Waals surface area contributed by atoms with Crippen LogP contribution in [0.1, 0.15) is 18.4 Å². The van der Waals surface area contributed by atoms with Crippen molar-refractivity contribution < 1.29 is 13.2 Å². The van der Waals surface area contributed by atoms with Gasteiger partial charge in [-0.15, -0.1) is 0 Å². The second-order valence-corrected chi connectivity index (χ2v) is 4.26. The second kappa shape index (κ2) is 4.56. The summed E-state index contributed by atoms with van der Waals surface area (Å²) in [7, 11) is 1.90. The van der Waals surface area contributed by atoms with Crippen molar-refractivity contribution in [2.24, 2.45) is 0 Å². The Hall–Kier alpha value is -1.23. The maximum absolute atomic E-state index is 12.6. The van der Waals surface area contributed by atoms with Crippen molar-refractivity contribution in [2.75, 3.05) is 25.1 Å².